The molecule has 0 unspecified atom stereocenters. The van der Waals surface area contributed by atoms with Gasteiger partial charge in [-0.2, -0.15) is 15.3 Å². The summed E-state index contributed by atoms with van der Waals surface area (Å²) in [4.78, 5) is 117. The number of aromatic nitrogens is 6. The zero-order valence-electron chi connectivity index (χ0n) is 76.6. The fourth-order valence-corrected chi connectivity index (χ4v) is 14.7. The number of methoxy groups -OCH3 is 6. The number of rotatable bonds is 30. The number of hydrogen-bond acceptors (Lipinski definition) is 23. The van der Waals surface area contributed by atoms with Crippen molar-refractivity contribution in [2.75, 3.05) is 71.8 Å². The first-order valence-electron chi connectivity index (χ1n) is 42.1. The van der Waals surface area contributed by atoms with Gasteiger partial charge in [0, 0.05) is 88.8 Å². The van der Waals surface area contributed by atoms with Gasteiger partial charge in [0.1, 0.15) is 69.7 Å². The van der Waals surface area contributed by atoms with E-state index in [0.717, 1.165) is 90.2 Å². The third-order valence-corrected chi connectivity index (χ3v) is 22.2. The first kappa shape index (κ1) is 113. The van der Waals surface area contributed by atoms with Gasteiger partial charge in [-0.05, 0) is 155 Å². The van der Waals surface area contributed by atoms with Crippen molar-refractivity contribution in [2.45, 2.75) is 151 Å². The van der Waals surface area contributed by atoms with Crippen LogP contribution < -0.4 is 81.6 Å². The summed E-state index contributed by atoms with van der Waals surface area (Å²) in [6, 6.07) is 34.4. The molecule has 7 N–H and O–H groups in total. The molecule has 9 aromatic carbocycles. The summed E-state index contributed by atoms with van der Waals surface area (Å²) in [5, 5.41) is 32.4. The van der Waals surface area contributed by atoms with Gasteiger partial charge >= 0.3 is 36.8 Å². The Labute approximate surface area is 797 Å². The molecule has 0 spiro atoms. The monoisotopic (exact) mass is 1880 g/mol. The van der Waals surface area contributed by atoms with Gasteiger partial charge in [0.25, 0.3) is 34.4 Å². The molecule has 12 aromatic rings. The fourth-order valence-electron chi connectivity index (χ4n) is 14.7. The first-order chi connectivity index (χ1) is 62.8. The molecule has 722 valence electrons. The number of esters is 3. The van der Waals surface area contributed by atoms with Gasteiger partial charge in [0.05, 0.1) is 77.9 Å². The molecule has 1 aliphatic heterocycles. The fraction of sp³-hybridized carbons (Fsp3) is 0.340. The number of aryl methyl sites for hydroxylation is 3. The number of hydrogen-bond donors (Lipinski definition) is 6. The van der Waals surface area contributed by atoms with Gasteiger partial charge in [0.15, 0.2) is 17.2 Å². The van der Waals surface area contributed by atoms with E-state index in [2.05, 4.69) is 47.2 Å². The molecule has 136 heavy (non-hydrogen) atoms. The Morgan fingerprint density at radius 2 is 0.610 bits per heavy atom. The summed E-state index contributed by atoms with van der Waals surface area (Å²) in [6.07, 6.45) is 8.94. The minimum absolute atomic E-state index is 0. The van der Waals surface area contributed by atoms with Crippen LogP contribution in [0.5, 0.6) is 17.2 Å². The van der Waals surface area contributed by atoms with E-state index >= 15 is 0 Å². The van der Waals surface area contributed by atoms with Crippen molar-refractivity contribution in [3.05, 3.63) is 264 Å². The molecular formula is C100H117F6LiN12O17. The van der Waals surface area contributed by atoms with Crippen LogP contribution in [0.15, 0.2) is 179 Å². The average molecular weight is 1880 g/mol. The minimum atomic E-state index is -1.27. The number of carbonyl (C=O) groups is 6. The number of ether oxygens (including phenoxy) is 7. The molecule has 4 heterocycles. The second kappa shape index (κ2) is 52.1. The summed E-state index contributed by atoms with van der Waals surface area (Å²) in [6.45, 7) is 13.4. The number of nitrogens with one attached hydrogen (secondary N) is 6. The van der Waals surface area contributed by atoms with Crippen LogP contribution in [0.1, 0.15) is 144 Å². The number of carbonyl (C=O) groups excluding carboxylic acids is 6. The molecular weight excluding hydrogens is 1760 g/mol. The summed E-state index contributed by atoms with van der Waals surface area (Å²) in [7, 11) is 12.4. The molecule has 36 heteroatoms. The molecule has 0 saturated carbocycles. The molecule has 6 atom stereocenters. The summed E-state index contributed by atoms with van der Waals surface area (Å²) >= 11 is 0. The third kappa shape index (κ3) is 26.8. The Morgan fingerprint density at radius 3 is 0.809 bits per heavy atom. The van der Waals surface area contributed by atoms with Crippen molar-refractivity contribution in [3.63, 3.8) is 0 Å². The van der Waals surface area contributed by atoms with E-state index in [4.69, 9.17) is 33.2 Å². The SMILES string of the molecule is C.C.C.C1CCOC1.CC[C@H](C)Nc1cc(F)c(C(=O)N[C@@H](Cc2ccc(-c3c(OC)cnn(C)c3=O)c3ccccc23)C(=O)OC)c(F)c1.CC[C@H](C)Nc1cc(F)c(C(=O)N[C@@H](Cc2ccc(-c3c(OC)cnn(C)c3=O)c3ccccc23)C(=O)OC)c(F)c1.CC[C@H](C)Nc1cc(F)c(C(=O)N[C@@H](Cc2ccc(-c3c(OC)cnn(C)c3=O)c3ccccc23)C(=O)OC)c(F)c1.[Li+].[OH-]. The third-order valence-electron chi connectivity index (χ3n) is 22.2. The Kier molecular flexibility index (Phi) is 43.2. The predicted octanol–water partition coefficient (Wildman–Crippen LogP) is 13.4. The van der Waals surface area contributed by atoms with Gasteiger partial charge < -0.3 is 70.5 Å². The summed E-state index contributed by atoms with van der Waals surface area (Å²) < 4.78 is 129. The number of halogens is 6. The van der Waals surface area contributed by atoms with Crippen LogP contribution in [0.3, 0.4) is 0 Å². The zero-order chi connectivity index (χ0) is 95.2. The maximum atomic E-state index is 14.9. The molecule has 1 aliphatic rings. The van der Waals surface area contributed by atoms with Crippen molar-refractivity contribution in [1.82, 2.24) is 45.3 Å². The topological polar surface area (TPSA) is 374 Å². The van der Waals surface area contributed by atoms with E-state index in [1.807, 2.05) is 77.9 Å². The minimum Gasteiger partial charge on any atom is -0.870 e. The Morgan fingerprint density at radius 1 is 0.382 bits per heavy atom. The van der Waals surface area contributed by atoms with Crippen molar-refractivity contribution in [2.24, 2.45) is 21.1 Å². The number of nitrogens with zero attached hydrogens (tertiary/aromatic N) is 6. The molecule has 0 radical (unpaired) electrons. The molecule has 1 fully saturated rings. The summed E-state index contributed by atoms with van der Waals surface area (Å²) in [5.74, 6) is -11.2. The van der Waals surface area contributed by atoms with Crippen molar-refractivity contribution in [1.29, 1.82) is 0 Å². The first-order valence-corrected chi connectivity index (χ1v) is 42.1. The van der Waals surface area contributed by atoms with E-state index in [-0.39, 0.29) is 118 Å². The second-order valence-corrected chi connectivity index (χ2v) is 30.9. The van der Waals surface area contributed by atoms with Gasteiger partial charge in [-0.1, -0.05) is 152 Å². The van der Waals surface area contributed by atoms with Gasteiger partial charge in [-0.3, -0.25) is 28.8 Å². The predicted molar refractivity (Wildman–Crippen MR) is 509 cm³/mol. The van der Waals surface area contributed by atoms with Crippen LogP contribution in [-0.2, 0) is 73.7 Å². The van der Waals surface area contributed by atoms with Crippen molar-refractivity contribution < 1.29 is 113 Å². The van der Waals surface area contributed by atoms with Crippen molar-refractivity contribution >= 4 is 85.0 Å². The number of amides is 3. The molecule has 29 nitrogen and oxygen atoms in total. The molecule has 0 bridgehead atoms. The van der Waals surface area contributed by atoms with E-state index in [1.165, 1.54) is 87.9 Å². The van der Waals surface area contributed by atoms with Crippen molar-refractivity contribution in [3.8, 4) is 50.6 Å². The molecule has 13 rings (SSSR count). The van der Waals surface area contributed by atoms with Crippen LogP contribution >= 0.6 is 0 Å². The van der Waals surface area contributed by atoms with E-state index < -0.39 is 105 Å². The molecule has 1 saturated heterocycles. The Balaban J connectivity index is 0.000000344. The van der Waals surface area contributed by atoms with E-state index in [1.54, 1.807) is 72.8 Å². The van der Waals surface area contributed by atoms with Crippen LogP contribution in [0.4, 0.5) is 43.4 Å². The number of benzene rings is 9. The van der Waals surface area contributed by atoms with Crippen LogP contribution in [0, 0.1) is 34.9 Å². The van der Waals surface area contributed by atoms with Crippen LogP contribution in [0.2, 0.25) is 0 Å². The smallest absolute Gasteiger partial charge is 0.870 e. The van der Waals surface area contributed by atoms with Gasteiger partial charge in [0.2, 0.25) is 0 Å². The Bertz CT molecular complexity index is 5750. The maximum Gasteiger partial charge on any atom is 1.00 e. The zero-order valence-corrected chi connectivity index (χ0v) is 76.6. The molecule has 0 aliphatic carbocycles. The number of fused-ring (bicyclic) bond motifs is 3. The van der Waals surface area contributed by atoms with Crippen LogP contribution in [0.25, 0.3) is 65.7 Å². The summed E-state index contributed by atoms with van der Waals surface area (Å²) in [5.41, 5.74) is 1.69. The van der Waals surface area contributed by atoms with E-state index in [0.29, 0.717) is 99.6 Å². The number of anilines is 3. The quantitative estimate of drug-likeness (QED) is 0.0105. The normalized spacial score (nSPS) is 12.4. The standard InChI is InChI=1S/3C31H32F2N4O5.C4H8O.3CH4.Li.H2O/c3*1-6-17(2)35-19-14-23(32)28(24(33)15-19)29(38)36-25(31(40)42-5)13-18-11-12-22(21-10-8-7-9-20(18)21)27-26(41-4)16-34-37(3)30(27)39;1-2-4-5-3-1;;;;;/h3*7-12,14-17,25,35H,6,13H2,1-5H3,(H,36,38);1-4H2;3*1H4;;1H2/q;;;;;;;+1;/p-1/t3*17-,25-;;;;;;/m000....../s1. The molecule has 3 aromatic heterocycles. The second-order valence-electron chi connectivity index (χ2n) is 30.9. The largest absolute Gasteiger partial charge is 1.00 e. The Hall–Kier alpha value is -13.9. The maximum absolute atomic E-state index is 14.9. The molecule has 3 amide bonds. The van der Waals surface area contributed by atoms with Gasteiger partial charge in [-0.15, -0.1) is 0 Å². The van der Waals surface area contributed by atoms with E-state index in [9.17, 15) is 69.5 Å². The van der Waals surface area contributed by atoms with Crippen LogP contribution in [-0.4, -0.2) is 163 Å². The average Bonchev–Trinajstić information content (AvgIpc) is 0.791. The van der Waals surface area contributed by atoms with Gasteiger partial charge in [-0.25, -0.2) is 54.8 Å².